The number of imidazole rings is 1. The van der Waals surface area contributed by atoms with Crippen LogP contribution in [0.4, 0.5) is 0 Å². The lowest BCUT2D eigenvalue weighted by atomic mass is 10.3. The maximum Gasteiger partial charge on any atom is 0.150 e. The Balaban J connectivity index is 2.91. The van der Waals surface area contributed by atoms with Gasteiger partial charge in [-0.05, 0) is 41.1 Å². The molecule has 0 saturated heterocycles. The van der Waals surface area contributed by atoms with Gasteiger partial charge in [0.1, 0.15) is 5.65 Å². The van der Waals surface area contributed by atoms with Crippen LogP contribution in [0.2, 0.25) is 0 Å². The summed E-state index contributed by atoms with van der Waals surface area (Å²) in [7, 11) is 0. The lowest BCUT2D eigenvalue weighted by Gasteiger charge is -1.97. The van der Waals surface area contributed by atoms with Crippen LogP contribution in [-0.4, -0.2) is 9.38 Å². The highest BCUT2D eigenvalue weighted by atomic mass is 127. The van der Waals surface area contributed by atoms with Gasteiger partial charge < -0.3 is 4.40 Å². The number of fused-ring (bicyclic) bond motifs is 1. The van der Waals surface area contributed by atoms with E-state index in [1.54, 1.807) is 0 Å². The largest absolute Gasteiger partial charge is 0.306 e. The van der Waals surface area contributed by atoms with Gasteiger partial charge in [-0.3, -0.25) is 0 Å². The molecule has 0 amide bonds. The Hall–Kier alpha value is -0.580. The van der Waals surface area contributed by atoms with Crippen molar-refractivity contribution in [3.8, 4) is 0 Å². The molecule has 0 unspecified atom stereocenters. The summed E-state index contributed by atoms with van der Waals surface area (Å²) in [5, 5.41) is 0. The summed E-state index contributed by atoms with van der Waals surface area (Å²) in [5.74, 6) is 0. The van der Waals surface area contributed by atoms with E-state index in [2.05, 4.69) is 46.8 Å². The van der Waals surface area contributed by atoms with Crippen LogP contribution >= 0.6 is 22.6 Å². The molecule has 0 aromatic carbocycles. The first-order valence-electron chi connectivity index (χ1n) is 3.36. The van der Waals surface area contributed by atoms with Crippen LogP contribution in [0.3, 0.4) is 0 Å². The molecule has 0 N–H and O–H groups in total. The molecule has 2 rings (SSSR count). The first kappa shape index (κ1) is 7.09. The lowest BCUT2D eigenvalue weighted by Crippen LogP contribution is -1.87. The molecule has 0 aliphatic carbocycles. The minimum absolute atomic E-state index is 1.04. The molecule has 0 radical (unpaired) electrons. The molecule has 2 aromatic heterocycles. The molecule has 2 aromatic rings. The quantitative estimate of drug-likeness (QED) is 0.662. The first-order chi connectivity index (χ1) is 5.27. The monoisotopic (exact) mass is 258 g/mol. The van der Waals surface area contributed by atoms with Gasteiger partial charge in [0.25, 0.3) is 0 Å². The number of aromatic nitrogens is 2. The topological polar surface area (TPSA) is 17.3 Å². The lowest BCUT2D eigenvalue weighted by molar-refractivity contribution is 1.15. The summed E-state index contributed by atoms with van der Waals surface area (Å²) in [4.78, 5) is 4.21. The second kappa shape index (κ2) is 2.48. The van der Waals surface area contributed by atoms with Crippen molar-refractivity contribution in [1.82, 2.24) is 9.38 Å². The van der Waals surface area contributed by atoms with E-state index >= 15 is 0 Å². The Labute approximate surface area is 78.4 Å². The smallest absolute Gasteiger partial charge is 0.150 e. The molecule has 56 valence electrons. The van der Waals surface area contributed by atoms with Crippen molar-refractivity contribution >= 4 is 28.2 Å². The number of pyridine rings is 1. The molecular formula is C8H7IN2. The number of aryl methyl sites for hydroxylation is 1. The maximum absolute atomic E-state index is 4.21. The van der Waals surface area contributed by atoms with Crippen LogP contribution in [0.5, 0.6) is 0 Å². The molecule has 0 aliphatic heterocycles. The van der Waals surface area contributed by atoms with Crippen molar-refractivity contribution in [1.29, 1.82) is 0 Å². The third-order valence-corrected chi connectivity index (χ3v) is 2.37. The van der Waals surface area contributed by atoms with Gasteiger partial charge in [-0.2, -0.15) is 0 Å². The number of hydrogen-bond donors (Lipinski definition) is 0. The SMILES string of the molecule is Cc1cc(I)c2nccn2c1. The highest BCUT2D eigenvalue weighted by molar-refractivity contribution is 14.1. The van der Waals surface area contributed by atoms with Gasteiger partial charge in [0.05, 0.1) is 3.57 Å². The molecule has 3 heteroatoms. The molecule has 0 saturated carbocycles. The maximum atomic E-state index is 4.21. The number of nitrogens with zero attached hydrogens (tertiary/aromatic N) is 2. The zero-order valence-corrected chi connectivity index (χ0v) is 8.24. The van der Waals surface area contributed by atoms with E-state index in [1.807, 2.05) is 16.8 Å². The molecule has 0 atom stereocenters. The average molecular weight is 258 g/mol. The van der Waals surface area contributed by atoms with Crippen molar-refractivity contribution in [2.75, 3.05) is 0 Å². The molecule has 11 heavy (non-hydrogen) atoms. The fourth-order valence-corrected chi connectivity index (χ4v) is 2.03. The van der Waals surface area contributed by atoms with Crippen LogP contribution in [0.25, 0.3) is 5.65 Å². The van der Waals surface area contributed by atoms with E-state index < -0.39 is 0 Å². The molecular weight excluding hydrogens is 251 g/mol. The summed E-state index contributed by atoms with van der Waals surface area (Å²) in [6.07, 6.45) is 5.85. The molecule has 0 fully saturated rings. The molecule has 0 bridgehead atoms. The highest BCUT2D eigenvalue weighted by Crippen LogP contribution is 2.13. The van der Waals surface area contributed by atoms with Crippen LogP contribution in [0.1, 0.15) is 5.56 Å². The predicted octanol–water partition coefficient (Wildman–Crippen LogP) is 2.25. The van der Waals surface area contributed by atoms with Gasteiger partial charge in [-0.25, -0.2) is 4.98 Å². The number of rotatable bonds is 0. The van der Waals surface area contributed by atoms with Crippen molar-refractivity contribution < 1.29 is 0 Å². The number of hydrogen-bond acceptors (Lipinski definition) is 1. The van der Waals surface area contributed by atoms with Gasteiger partial charge >= 0.3 is 0 Å². The molecule has 2 nitrogen and oxygen atoms in total. The summed E-state index contributed by atoms with van der Waals surface area (Å²) in [6, 6.07) is 2.13. The van der Waals surface area contributed by atoms with Crippen molar-refractivity contribution in [3.63, 3.8) is 0 Å². The zero-order chi connectivity index (χ0) is 7.84. The van der Waals surface area contributed by atoms with Crippen LogP contribution in [-0.2, 0) is 0 Å². The average Bonchev–Trinajstić information content (AvgIpc) is 2.34. The standard InChI is InChI=1S/C8H7IN2/c1-6-4-7(9)8-10-2-3-11(8)5-6/h2-5H,1H3. The van der Waals surface area contributed by atoms with Gasteiger partial charge in [-0.15, -0.1) is 0 Å². The van der Waals surface area contributed by atoms with Gasteiger partial charge in [0.15, 0.2) is 0 Å². The van der Waals surface area contributed by atoms with Gasteiger partial charge in [0, 0.05) is 18.6 Å². The van der Waals surface area contributed by atoms with Crippen LogP contribution in [0.15, 0.2) is 24.7 Å². The Bertz CT molecular complexity index is 392. The van der Waals surface area contributed by atoms with E-state index in [4.69, 9.17) is 0 Å². The fourth-order valence-electron chi connectivity index (χ4n) is 1.12. The Morgan fingerprint density at radius 3 is 3.18 bits per heavy atom. The summed E-state index contributed by atoms with van der Waals surface area (Å²) >= 11 is 2.30. The van der Waals surface area contributed by atoms with E-state index in [9.17, 15) is 0 Å². The Kier molecular flexibility index (Phi) is 1.60. The second-order valence-corrected chi connectivity index (χ2v) is 3.69. The van der Waals surface area contributed by atoms with Crippen molar-refractivity contribution in [2.45, 2.75) is 6.92 Å². The van der Waals surface area contributed by atoms with Crippen LogP contribution < -0.4 is 0 Å². The fraction of sp³-hybridized carbons (Fsp3) is 0.125. The van der Waals surface area contributed by atoms with E-state index in [1.165, 1.54) is 9.13 Å². The zero-order valence-electron chi connectivity index (χ0n) is 6.08. The second-order valence-electron chi connectivity index (χ2n) is 2.52. The normalized spacial score (nSPS) is 10.7. The van der Waals surface area contributed by atoms with Crippen molar-refractivity contribution in [2.24, 2.45) is 0 Å². The summed E-state index contributed by atoms with van der Waals surface area (Å²) in [6.45, 7) is 2.08. The highest BCUT2D eigenvalue weighted by Gasteiger charge is 1.98. The third-order valence-electron chi connectivity index (χ3n) is 1.58. The van der Waals surface area contributed by atoms with Gasteiger partial charge in [0.2, 0.25) is 0 Å². The van der Waals surface area contributed by atoms with E-state index in [0.717, 1.165) is 5.65 Å². The predicted molar refractivity (Wildman–Crippen MR) is 52.6 cm³/mol. The van der Waals surface area contributed by atoms with Crippen molar-refractivity contribution in [3.05, 3.63) is 33.8 Å². The third kappa shape index (κ3) is 1.13. The first-order valence-corrected chi connectivity index (χ1v) is 4.44. The summed E-state index contributed by atoms with van der Waals surface area (Å²) in [5.41, 5.74) is 2.30. The van der Waals surface area contributed by atoms with Gasteiger partial charge in [-0.1, -0.05) is 0 Å². The Morgan fingerprint density at radius 2 is 2.36 bits per heavy atom. The van der Waals surface area contributed by atoms with Crippen LogP contribution in [0, 0.1) is 10.5 Å². The number of halogens is 1. The summed E-state index contributed by atoms with van der Waals surface area (Å²) < 4.78 is 3.24. The minimum atomic E-state index is 1.04. The molecule has 2 heterocycles. The Morgan fingerprint density at radius 1 is 1.55 bits per heavy atom. The van der Waals surface area contributed by atoms with E-state index in [-0.39, 0.29) is 0 Å². The molecule has 0 spiro atoms. The molecule has 0 aliphatic rings. The van der Waals surface area contributed by atoms with E-state index in [0.29, 0.717) is 0 Å². The minimum Gasteiger partial charge on any atom is -0.306 e.